The first kappa shape index (κ1) is 9.00. The molecule has 0 aromatic rings. The molecule has 1 rings (SSSR count). The Morgan fingerprint density at radius 3 is 2.67 bits per heavy atom. The molecule has 3 heteroatoms. The number of aliphatic carboxylic acids is 1. The minimum absolute atomic E-state index is 0.195. The zero-order valence-electron chi connectivity index (χ0n) is 6.86. The van der Waals surface area contributed by atoms with Crippen LogP contribution in [0.2, 0.25) is 0 Å². The lowest BCUT2D eigenvalue weighted by Crippen LogP contribution is -2.23. The molecule has 1 aliphatic carbocycles. The zero-order chi connectivity index (χ0) is 8.81. The van der Waals surface area contributed by atoms with E-state index in [9.17, 15) is 4.79 Å². The van der Waals surface area contributed by atoms with E-state index < -0.39 is 5.97 Å². The Bertz CT molecular complexity index is 197. The largest absolute Gasteiger partial charge is 0.481 e. The SMILES string of the molecule is O=C(O)CCNCC1C=CC=C1. The number of hydrogen-bond donors (Lipinski definition) is 2. The van der Waals surface area contributed by atoms with Gasteiger partial charge in [-0.3, -0.25) is 4.79 Å². The van der Waals surface area contributed by atoms with Gasteiger partial charge in [0.2, 0.25) is 0 Å². The number of carboxylic acid groups (broad SMARTS) is 1. The van der Waals surface area contributed by atoms with Crippen LogP contribution in [0.5, 0.6) is 0 Å². The fraction of sp³-hybridized carbons (Fsp3) is 0.444. The lowest BCUT2D eigenvalue weighted by atomic mass is 10.2. The molecule has 2 N–H and O–H groups in total. The van der Waals surface area contributed by atoms with Crippen molar-refractivity contribution < 1.29 is 9.90 Å². The van der Waals surface area contributed by atoms with Crippen LogP contribution in [0.4, 0.5) is 0 Å². The normalized spacial score (nSPS) is 15.7. The number of carboxylic acids is 1. The average Bonchev–Trinajstić information content (AvgIpc) is 2.49. The van der Waals surface area contributed by atoms with Crippen molar-refractivity contribution in [1.29, 1.82) is 0 Å². The molecule has 0 spiro atoms. The highest BCUT2D eigenvalue weighted by Gasteiger charge is 2.02. The maximum Gasteiger partial charge on any atom is 0.304 e. The molecule has 66 valence electrons. The summed E-state index contributed by atoms with van der Waals surface area (Å²) in [7, 11) is 0. The van der Waals surface area contributed by atoms with Crippen LogP contribution in [-0.2, 0) is 4.79 Å². The molecule has 0 aromatic heterocycles. The van der Waals surface area contributed by atoms with E-state index in [1.807, 2.05) is 12.2 Å². The van der Waals surface area contributed by atoms with Gasteiger partial charge < -0.3 is 10.4 Å². The van der Waals surface area contributed by atoms with E-state index in [2.05, 4.69) is 17.5 Å². The molecule has 0 fully saturated rings. The van der Waals surface area contributed by atoms with Crippen LogP contribution in [0, 0.1) is 5.92 Å². The van der Waals surface area contributed by atoms with Crippen molar-refractivity contribution >= 4 is 5.97 Å². The molecule has 0 aliphatic heterocycles. The highest BCUT2D eigenvalue weighted by atomic mass is 16.4. The Kier molecular flexibility index (Phi) is 3.54. The van der Waals surface area contributed by atoms with Crippen molar-refractivity contribution in [3.63, 3.8) is 0 Å². The van der Waals surface area contributed by atoms with Gasteiger partial charge in [0, 0.05) is 19.0 Å². The average molecular weight is 167 g/mol. The number of rotatable bonds is 5. The molecule has 3 nitrogen and oxygen atoms in total. The van der Waals surface area contributed by atoms with Crippen LogP contribution in [-0.4, -0.2) is 24.2 Å². The first-order valence-electron chi connectivity index (χ1n) is 4.06. The predicted molar refractivity (Wildman–Crippen MR) is 46.9 cm³/mol. The van der Waals surface area contributed by atoms with Gasteiger partial charge in [0.05, 0.1) is 6.42 Å². The first-order chi connectivity index (χ1) is 5.79. The first-order valence-corrected chi connectivity index (χ1v) is 4.06. The van der Waals surface area contributed by atoms with Gasteiger partial charge in [-0.25, -0.2) is 0 Å². The van der Waals surface area contributed by atoms with Gasteiger partial charge in [-0.1, -0.05) is 24.3 Å². The van der Waals surface area contributed by atoms with Crippen LogP contribution in [0.15, 0.2) is 24.3 Å². The van der Waals surface area contributed by atoms with Crippen molar-refractivity contribution in [2.45, 2.75) is 6.42 Å². The Hall–Kier alpha value is -1.09. The monoisotopic (exact) mass is 167 g/mol. The highest BCUT2D eigenvalue weighted by molar-refractivity contribution is 5.66. The highest BCUT2D eigenvalue weighted by Crippen LogP contribution is 2.06. The third-order valence-corrected chi connectivity index (χ3v) is 1.72. The van der Waals surface area contributed by atoms with Crippen LogP contribution < -0.4 is 5.32 Å². The molecule has 0 aromatic carbocycles. The second-order valence-electron chi connectivity index (χ2n) is 2.78. The van der Waals surface area contributed by atoms with E-state index in [1.165, 1.54) is 0 Å². The summed E-state index contributed by atoms with van der Waals surface area (Å²) in [6.45, 7) is 1.38. The molecular formula is C9H13NO2. The van der Waals surface area contributed by atoms with Crippen molar-refractivity contribution in [1.82, 2.24) is 5.32 Å². The second kappa shape index (κ2) is 4.72. The summed E-state index contributed by atoms with van der Waals surface area (Å²) < 4.78 is 0. The summed E-state index contributed by atoms with van der Waals surface area (Å²) in [6.07, 6.45) is 8.38. The molecular weight excluding hydrogens is 154 g/mol. The molecule has 0 heterocycles. The Labute approximate surface area is 71.8 Å². The van der Waals surface area contributed by atoms with Gasteiger partial charge in [-0.05, 0) is 0 Å². The van der Waals surface area contributed by atoms with Crippen molar-refractivity contribution in [3.05, 3.63) is 24.3 Å². The molecule has 12 heavy (non-hydrogen) atoms. The standard InChI is InChI=1S/C9H13NO2/c11-9(12)5-6-10-7-8-3-1-2-4-8/h1-4,8,10H,5-7H2,(H,11,12). The molecule has 0 radical (unpaired) electrons. The summed E-state index contributed by atoms with van der Waals surface area (Å²) in [5, 5.41) is 11.4. The van der Waals surface area contributed by atoms with Gasteiger partial charge in [-0.15, -0.1) is 0 Å². The van der Waals surface area contributed by atoms with E-state index >= 15 is 0 Å². The molecule has 0 unspecified atom stereocenters. The lowest BCUT2D eigenvalue weighted by molar-refractivity contribution is -0.136. The third kappa shape index (κ3) is 3.34. The van der Waals surface area contributed by atoms with Crippen molar-refractivity contribution in [2.24, 2.45) is 5.92 Å². The van der Waals surface area contributed by atoms with Gasteiger partial charge in [0.25, 0.3) is 0 Å². The Morgan fingerprint density at radius 1 is 1.42 bits per heavy atom. The van der Waals surface area contributed by atoms with Gasteiger partial charge >= 0.3 is 5.97 Å². The van der Waals surface area contributed by atoms with E-state index in [1.54, 1.807) is 0 Å². The fourth-order valence-electron chi connectivity index (χ4n) is 1.08. The number of hydrogen-bond acceptors (Lipinski definition) is 2. The lowest BCUT2D eigenvalue weighted by Gasteiger charge is -2.05. The van der Waals surface area contributed by atoms with Gasteiger partial charge in [0.15, 0.2) is 0 Å². The molecule has 0 saturated heterocycles. The van der Waals surface area contributed by atoms with E-state index in [4.69, 9.17) is 5.11 Å². The molecule has 0 amide bonds. The number of nitrogens with one attached hydrogen (secondary N) is 1. The number of allylic oxidation sites excluding steroid dienone is 2. The quantitative estimate of drug-likeness (QED) is 0.595. The summed E-state index contributed by atoms with van der Waals surface area (Å²) in [5.74, 6) is -0.307. The van der Waals surface area contributed by atoms with Crippen molar-refractivity contribution in [2.75, 3.05) is 13.1 Å². The molecule has 0 bridgehead atoms. The topological polar surface area (TPSA) is 49.3 Å². The van der Waals surface area contributed by atoms with Crippen LogP contribution in [0.1, 0.15) is 6.42 Å². The maximum atomic E-state index is 10.1. The van der Waals surface area contributed by atoms with Crippen LogP contribution in [0.25, 0.3) is 0 Å². The summed E-state index contributed by atoms with van der Waals surface area (Å²) >= 11 is 0. The van der Waals surface area contributed by atoms with Crippen LogP contribution in [0.3, 0.4) is 0 Å². The van der Waals surface area contributed by atoms with E-state index in [0.717, 1.165) is 6.54 Å². The minimum atomic E-state index is -0.750. The van der Waals surface area contributed by atoms with E-state index in [0.29, 0.717) is 12.5 Å². The van der Waals surface area contributed by atoms with Gasteiger partial charge in [0.1, 0.15) is 0 Å². The maximum absolute atomic E-state index is 10.1. The van der Waals surface area contributed by atoms with Gasteiger partial charge in [-0.2, -0.15) is 0 Å². The molecule has 1 aliphatic rings. The van der Waals surface area contributed by atoms with Crippen molar-refractivity contribution in [3.8, 4) is 0 Å². The Morgan fingerprint density at radius 2 is 2.08 bits per heavy atom. The second-order valence-corrected chi connectivity index (χ2v) is 2.78. The Balaban J connectivity index is 1.99. The minimum Gasteiger partial charge on any atom is -0.481 e. The molecule has 0 atom stereocenters. The van der Waals surface area contributed by atoms with E-state index in [-0.39, 0.29) is 6.42 Å². The third-order valence-electron chi connectivity index (χ3n) is 1.72. The summed E-state index contributed by atoms with van der Waals surface area (Å²) in [4.78, 5) is 10.1. The fourth-order valence-corrected chi connectivity index (χ4v) is 1.08. The number of carbonyl (C=O) groups is 1. The molecule has 0 saturated carbocycles. The summed E-state index contributed by atoms with van der Waals surface area (Å²) in [5.41, 5.74) is 0. The van der Waals surface area contributed by atoms with Crippen LogP contribution >= 0.6 is 0 Å². The predicted octanol–water partition coefficient (Wildman–Crippen LogP) is 0.793. The zero-order valence-corrected chi connectivity index (χ0v) is 6.86. The smallest absolute Gasteiger partial charge is 0.304 e. The summed E-state index contributed by atoms with van der Waals surface area (Å²) in [6, 6.07) is 0.